The first kappa shape index (κ1) is 44.2. The summed E-state index contributed by atoms with van der Waals surface area (Å²) in [6.45, 7) is 22.1. The number of ether oxygens (including phenoxy) is 1. The number of ketones is 1. The molecule has 57 heavy (non-hydrogen) atoms. The summed E-state index contributed by atoms with van der Waals surface area (Å²) in [7, 11) is 4.11. The Morgan fingerprint density at radius 1 is 0.947 bits per heavy atom. The van der Waals surface area contributed by atoms with Crippen molar-refractivity contribution >= 4 is 29.3 Å². The lowest BCUT2D eigenvalue weighted by Gasteiger charge is -2.72. The van der Waals surface area contributed by atoms with Gasteiger partial charge in [-0.05, 0) is 125 Å². The molecule has 0 saturated heterocycles. The van der Waals surface area contributed by atoms with Crippen LogP contribution in [0.2, 0.25) is 5.02 Å². The van der Waals surface area contributed by atoms with Crippen molar-refractivity contribution in [2.75, 3.05) is 33.7 Å². The lowest BCUT2D eigenvalue weighted by Crippen LogP contribution is -2.66. The zero-order valence-electron chi connectivity index (χ0n) is 36.7. The van der Waals surface area contributed by atoms with E-state index in [1.165, 1.54) is 5.57 Å². The van der Waals surface area contributed by atoms with Gasteiger partial charge in [-0.1, -0.05) is 65.6 Å². The molecule has 1 aromatic rings. The summed E-state index contributed by atoms with van der Waals surface area (Å²) in [4.78, 5) is 52.6. The van der Waals surface area contributed by atoms with Crippen LogP contribution in [-0.4, -0.2) is 93.6 Å². The third kappa shape index (κ3) is 7.54. The number of carbonyl (C=O) groups is 3. The Balaban J connectivity index is 1.29. The molecular weight excluding hydrogens is 740 g/mol. The normalized spacial score (nSPS) is 35.5. The smallest absolute Gasteiger partial charge is 0.309 e. The van der Waals surface area contributed by atoms with Gasteiger partial charge in [0.2, 0.25) is 0 Å². The van der Waals surface area contributed by atoms with Crippen molar-refractivity contribution in [3.63, 3.8) is 0 Å². The van der Waals surface area contributed by atoms with E-state index in [1.807, 2.05) is 0 Å². The Bertz CT molecular complexity index is 1740. The van der Waals surface area contributed by atoms with E-state index in [0.717, 1.165) is 70.0 Å². The van der Waals surface area contributed by atoms with E-state index in [0.29, 0.717) is 42.2 Å². The van der Waals surface area contributed by atoms with E-state index in [2.05, 4.69) is 82.3 Å². The van der Waals surface area contributed by atoms with E-state index in [-0.39, 0.29) is 51.8 Å². The number of halogens is 1. The minimum Gasteiger partial charge on any atom is -0.481 e. The maximum atomic E-state index is 14.3. The van der Waals surface area contributed by atoms with Crippen molar-refractivity contribution in [3.8, 4) is 0 Å². The van der Waals surface area contributed by atoms with Crippen LogP contribution in [0, 0.1) is 56.2 Å². The van der Waals surface area contributed by atoms with E-state index in [4.69, 9.17) is 16.3 Å². The third-order valence-electron chi connectivity index (χ3n) is 16.8. The fraction of sp³-hybridized carbons (Fsp3) is 0.804. The summed E-state index contributed by atoms with van der Waals surface area (Å²) in [6.07, 6.45) is 10.1. The maximum Gasteiger partial charge on any atom is 0.309 e. The molecule has 0 unspecified atom stereocenters. The summed E-state index contributed by atoms with van der Waals surface area (Å²) < 4.78 is 6.19. The monoisotopic (exact) mass is 811 g/mol. The summed E-state index contributed by atoms with van der Waals surface area (Å²) >= 11 is 6.12. The van der Waals surface area contributed by atoms with E-state index >= 15 is 0 Å². The number of aliphatic hydroxyl groups is 1. The molecular formula is C46H71ClN4O6. The second-order valence-corrected chi connectivity index (χ2v) is 21.9. The molecule has 2 N–H and O–H groups in total. The number of aliphatic hydroxyl groups excluding tert-OH is 1. The minimum absolute atomic E-state index is 0.0216. The van der Waals surface area contributed by atoms with Crippen LogP contribution in [0.15, 0.2) is 23.5 Å². The fourth-order valence-corrected chi connectivity index (χ4v) is 13.6. The van der Waals surface area contributed by atoms with Crippen LogP contribution in [0.3, 0.4) is 0 Å². The molecule has 0 radical (unpaired) electrons. The molecule has 9 atom stereocenters. The van der Waals surface area contributed by atoms with Crippen LogP contribution in [0.25, 0.3) is 0 Å². The van der Waals surface area contributed by atoms with Crippen LogP contribution in [0.1, 0.15) is 132 Å². The number of likely N-dealkylation sites (N-methyl/N-ethyl adjacent to an activating group) is 1. The van der Waals surface area contributed by atoms with E-state index < -0.39 is 28.9 Å². The molecule has 0 spiro atoms. The molecule has 4 fully saturated rings. The molecule has 0 aliphatic heterocycles. The first-order valence-electron chi connectivity index (χ1n) is 21.6. The number of allylic oxidation sites excluding steroid dienone is 1. The second kappa shape index (κ2) is 15.6. The highest BCUT2D eigenvalue weighted by molar-refractivity contribution is 6.30. The topological polar surface area (TPSA) is 133 Å². The van der Waals surface area contributed by atoms with Crippen molar-refractivity contribution in [2.45, 2.75) is 145 Å². The lowest BCUT2D eigenvalue weighted by atomic mass is 9.33. The Morgan fingerprint density at radius 2 is 1.61 bits per heavy atom. The average Bonchev–Trinajstić information content (AvgIpc) is 3.42. The van der Waals surface area contributed by atoms with Crippen molar-refractivity contribution < 1.29 is 29.3 Å². The number of carbonyl (C=O) groups excluding carboxylic acids is 2. The molecule has 0 aromatic carbocycles. The van der Waals surface area contributed by atoms with Crippen LogP contribution in [-0.2, 0) is 25.7 Å². The fourth-order valence-electron chi connectivity index (χ4n) is 13.5. The predicted molar refractivity (Wildman–Crippen MR) is 222 cm³/mol. The summed E-state index contributed by atoms with van der Waals surface area (Å²) in [6, 6.07) is 0. The van der Waals surface area contributed by atoms with Gasteiger partial charge in [0, 0.05) is 49.3 Å². The summed E-state index contributed by atoms with van der Waals surface area (Å²) in [5, 5.41) is 22.8. The van der Waals surface area contributed by atoms with E-state index in [1.54, 1.807) is 26.2 Å². The van der Waals surface area contributed by atoms with Crippen LogP contribution >= 0.6 is 11.6 Å². The molecule has 5 aliphatic rings. The van der Waals surface area contributed by atoms with Crippen molar-refractivity contribution in [1.82, 2.24) is 19.8 Å². The number of esters is 1. The minimum atomic E-state index is -1.18. The molecule has 10 nitrogen and oxygen atoms in total. The molecule has 11 heteroatoms. The van der Waals surface area contributed by atoms with Gasteiger partial charge >= 0.3 is 11.9 Å². The van der Waals surface area contributed by atoms with Crippen LogP contribution in [0.4, 0.5) is 0 Å². The molecule has 4 saturated carbocycles. The largest absolute Gasteiger partial charge is 0.481 e. The van der Waals surface area contributed by atoms with Gasteiger partial charge in [-0.15, -0.1) is 0 Å². The number of aromatic nitrogens is 2. The van der Waals surface area contributed by atoms with Gasteiger partial charge in [-0.25, -0.2) is 9.97 Å². The molecule has 1 heterocycles. The highest BCUT2D eigenvalue weighted by atomic mass is 35.5. The number of nitrogens with zero attached hydrogens (tertiary/aromatic N) is 4. The number of hydrogen-bond acceptors (Lipinski definition) is 9. The Kier molecular flexibility index (Phi) is 12.1. The predicted octanol–water partition coefficient (Wildman–Crippen LogP) is 8.25. The Hall–Kier alpha value is -2.40. The van der Waals surface area contributed by atoms with Gasteiger partial charge in [-0.2, -0.15) is 0 Å². The highest BCUT2D eigenvalue weighted by Gasteiger charge is 2.71. The number of aliphatic carboxylic acids is 1. The number of carboxylic acid groups (broad SMARTS) is 1. The molecule has 0 amide bonds. The van der Waals surface area contributed by atoms with Crippen LogP contribution in [0.5, 0.6) is 0 Å². The number of Topliss-reactive ketones (excluding diaryl/α,β-unsaturated/α-hetero) is 1. The lowest BCUT2D eigenvalue weighted by molar-refractivity contribution is -0.235. The first-order valence-corrected chi connectivity index (χ1v) is 22.0. The third-order valence-corrected chi connectivity index (χ3v) is 17.0. The quantitative estimate of drug-likeness (QED) is 0.188. The second-order valence-electron chi connectivity index (χ2n) is 21.4. The van der Waals surface area contributed by atoms with Gasteiger partial charge in [0.15, 0.2) is 5.78 Å². The van der Waals surface area contributed by atoms with E-state index in [9.17, 15) is 24.6 Å². The van der Waals surface area contributed by atoms with Crippen LogP contribution < -0.4 is 0 Å². The summed E-state index contributed by atoms with van der Waals surface area (Å²) in [5.41, 5.74) is 0.223. The zero-order chi connectivity index (χ0) is 42.1. The van der Waals surface area contributed by atoms with Crippen molar-refractivity contribution in [3.05, 3.63) is 34.4 Å². The number of rotatable bonds is 13. The standard InChI is InChI=1S/C46H71ClN4O6/c1-28(2)38-31(52)22-46(34(53)26-51(21-20-50(10)11)27-36-48-24-29(47)25-49-36)19-18-44(8)30(39(38)46)12-13-33-43(7)16-15-35(57-37(54)23-41(3,4)40(55)56)42(5,6)32(43)14-17-45(33,44)9/h24-25,28,30,32-35,53H,12-23,26-27H2,1-11H3,(H,55,56)/t30-,32+,33-,34+,35-,43+,44-,45-,46+/m1/s1. The molecule has 0 bridgehead atoms. The van der Waals surface area contributed by atoms with Gasteiger partial charge < -0.3 is 19.8 Å². The molecule has 318 valence electrons. The molecule has 5 aliphatic carbocycles. The summed E-state index contributed by atoms with van der Waals surface area (Å²) in [5.74, 6) is 0.559. The average molecular weight is 812 g/mol. The molecule has 1 aromatic heterocycles. The number of carboxylic acids is 1. The van der Waals surface area contributed by atoms with Gasteiger partial charge in [0.25, 0.3) is 0 Å². The first-order chi connectivity index (χ1) is 26.4. The van der Waals surface area contributed by atoms with Crippen molar-refractivity contribution in [2.24, 2.45) is 56.2 Å². The highest BCUT2D eigenvalue weighted by Crippen LogP contribution is 2.77. The SMILES string of the molecule is CC(C)C1=C2[C@H]3CC[C@@H]4[C@@]5(C)CC[C@@H](OC(=O)CC(C)(C)C(=O)O)C(C)(C)[C@@H]5CC[C@@]4(C)[C@]3(C)CC[C@@]2([C@@H](O)CN(CCN(C)C)Cc2ncc(Cl)cn2)CC1=O. The maximum absolute atomic E-state index is 14.3. The number of hydrogen-bond donors (Lipinski definition) is 2. The Morgan fingerprint density at radius 3 is 2.23 bits per heavy atom. The van der Waals surface area contributed by atoms with Crippen molar-refractivity contribution in [1.29, 1.82) is 0 Å². The zero-order valence-corrected chi connectivity index (χ0v) is 37.5. The van der Waals surface area contributed by atoms with Gasteiger partial charge in [-0.3, -0.25) is 19.3 Å². The molecule has 6 rings (SSSR count). The Labute approximate surface area is 346 Å². The van der Waals surface area contributed by atoms with Gasteiger partial charge in [0.1, 0.15) is 11.9 Å². The van der Waals surface area contributed by atoms with Gasteiger partial charge in [0.05, 0.1) is 29.5 Å². The number of fused-ring (bicyclic) bond motifs is 7.